The molecule has 3 N–H and O–H groups in total. The molecule has 4 aromatic rings. The summed E-state index contributed by atoms with van der Waals surface area (Å²) >= 11 is 0. The molecule has 0 saturated carbocycles. The molecule has 1 amide bonds. The van der Waals surface area contributed by atoms with Gasteiger partial charge in [0.05, 0.1) is 28.0 Å². The summed E-state index contributed by atoms with van der Waals surface area (Å²) in [6.45, 7) is 1.92. The second kappa shape index (κ2) is 5.88. The first-order chi connectivity index (χ1) is 12.2. The predicted molar refractivity (Wildman–Crippen MR) is 92.6 cm³/mol. The third-order valence-corrected chi connectivity index (χ3v) is 4.02. The molecule has 0 bridgehead atoms. The highest BCUT2D eigenvalue weighted by Crippen LogP contribution is 2.24. The quantitative estimate of drug-likeness (QED) is 0.397. The van der Waals surface area contributed by atoms with Crippen molar-refractivity contribution >= 4 is 16.9 Å². The van der Waals surface area contributed by atoms with E-state index in [0.29, 0.717) is 16.9 Å². The summed E-state index contributed by atoms with van der Waals surface area (Å²) in [6.07, 6.45) is 1.92. The van der Waals surface area contributed by atoms with Gasteiger partial charge in [-0.15, -0.1) is 0 Å². The van der Waals surface area contributed by atoms with Gasteiger partial charge in [0.15, 0.2) is 0 Å². The molecule has 7 heteroatoms. The highest BCUT2D eigenvalue weighted by atomic mass is 16.5. The number of rotatable bonds is 3. The standard InChI is InChI=1S/C18H15N5O2/c1-11-14(10-23(21-11)13-5-3-2-4-6-13)17-19-15-8-7-12(18(24)22-25)9-16(15)20-17/h2-10,25H,1H3,(H,19,20)(H,22,24). The van der Waals surface area contributed by atoms with Crippen LogP contribution < -0.4 is 5.48 Å². The summed E-state index contributed by atoms with van der Waals surface area (Å²) in [5.74, 6) is 0.113. The number of aromatic amines is 1. The van der Waals surface area contributed by atoms with E-state index >= 15 is 0 Å². The Morgan fingerprint density at radius 3 is 2.76 bits per heavy atom. The molecular formula is C18H15N5O2. The van der Waals surface area contributed by atoms with Gasteiger partial charge in [0.2, 0.25) is 0 Å². The Kier molecular flexibility index (Phi) is 3.55. The molecule has 2 aromatic heterocycles. The second-order valence-corrected chi connectivity index (χ2v) is 5.67. The normalized spacial score (nSPS) is 11.0. The van der Waals surface area contributed by atoms with E-state index < -0.39 is 5.91 Å². The van der Waals surface area contributed by atoms with Crippen molar-refractivity contribution in [2.24, 2.45) is 0 Å². The van der Waals surface area contributed by atoms with Crippen LogP contribution in [0.1, 0.15) is 16.1 Å². The number of benzene rings is 2. The molecular weight excluding hydrogens is 318 g/mol. The largest absolute Gasteiger partial charge is 0.338 e. The number of para-hydroxylation sites is 1. The van der Waals surface area contributed by atoms with E-state index in [0.717, 1.165) is 22.5 Å². The van der Waals surface area contributed by atoms with Gasteiger partial charge in [-0.1, -0.05) is 18.2 Å². The highest BCUT2D eigenvalue weighted by molar-refractivity contribution is 5.97. The van der Waals surface area contributed by atoms with Gasteiger partial charge in [-0.2, -0.15) is 5.10 Å². The van der Waals surface area contributed by atoms with Crippen molar-refractivity contribution < 1.29 is 10.0 Å². The molecule has 25 heavy (non-hydrogen) atoms. The zero-order chi connectivity index (χ0) is 17.4. The number of hydroxylamine groups is 1. The number of aromatic nitrogens is 4. The summed E-state index contributed by atoms with van der Waals surface area (Å²) in [5.41, 5.74) is 6.12. The van der Waals surface area contributed by atoms with Crippen molar-refractivity contribution in [1.82, 2.24) is 25.2 Å². The fraction of sp³-hybridized carbons (Fsp3) is 0.0556. The number of amides is 1. The van der Waals surface area contributed by atoms with Crippen LogP contribution in [-0.2, 0) is 0 Å². The number of nitrogens with one attached hydrogen (secondary N) is 2. The molecule has 2 heterocycles. The molecule has 0 spiro atoms. The van der Waals surface area contributed by atoms with Crippen molar-refractivity contribution in [2.75, 3.05) is 0 Å². The fourth-order valence-corrected chi connectivity index (χ4v) is 2.75. The van der Waals surface area contributed by atoms with Crippen LogP contribution >= 0.6 is 0 Å². The lowest BCUT2D eigenvalue weighted by molar-refractivity contribution is 0.0706. The number of hydrogen-bond donors (Lipinski definition) is 3. The van der Waals surface area contributed by atoms with Gasteiger partial charge in [0.1, 0.15) is 5.82 Å². The molecule has 7 nitrogen and oxygen atoms in total. The molecule has 4 rings (SSSR count). The van der Waals surface area contributed by atoms with Crippen molar-refractivity contribution in [1.29, 1.82) is 0 Å². The van der Waals surface area contributed by atoms with Gasteiger partial charge in [0, 0.05) is 11.8 Å². The lowest BCUT2D eigenvalue weighted by Gasteiger charge is -1.98. The van der Waals surface area contributed by atoms with E-state index in [2.05, 4.69) is 15.1 Å². The van der Waals surface area contributed by atoms with Crippen molar-refractivity contribution in [3.8, 4) is 17.1 Å². The molecule has 0 aliphatic carbocycles. The molecule has 0 saturated heterocycles. The second-order valence-electron chi connectivity index (χ2n) is 5.67. The minimum Gasteiger partial charge on any atom is -0.338 e. The topological polar surface area (TPSA) is 95.8 Å². The summed E-state index contributed by atoms with van der Waals surface area (Å²) < 4.78 is 1.81. The monoisotopic (exact) mass is 333 g/mol. The molecule has 124 valence electrons. The highest BCUT2D eigenvalue weighted by Gasteiger charge is 2.14. The zero-order valence-electron chi connectivity index (χ0n) is 13.4. The van der Waals surface area contributed by atoms with E-state index in [-0.39, 0.29) is 0 Å². The maximum absolute atomic E-state index is 11.5. The lowest BCUT2D eigenvalue weighted by atomic mass is 10.2. The van der Waals surface area contributed by atoms with Crippen LogP contribution in [0.15, 0.2) is 54.7 Å². The molecule has 0 aliphatic rings. The zero-order valence-corrected chi connectivity index (χ0v) is 13.4. The first-order valence-corrected chi connectivity index (χ1v) is 7.72. The van der Waals surface area contributed by atoms with Gasteiger partial charge in [-0.25, -0.2) is 15.1 Å². The Labute approximate surface area is 142 Å². The maximum atomic E-state index is 11.5. The summed E-state index contributed by atoms with van der Waals surface area (Å²) in [6, 6.07) is 14.8. The number of hydrogen-bond acceptors (Lipinski definition) is 4. The number of fused-ring (bicyclic) bond motifs is 1. The molecule has 0 atom stereocenters. The van der Waals surface area contributed by atoms with E-state index in [1.54, 1.807) is 23.7 Å². The number of aryl methyl sites for hydroxylation is 1. The Hall–Kier alpha value is -3.45. The van der Waals surface area contributed by atoms with Gasteiger partial charge < -0.3 is 4.98 Å². The van der Waals surface area contributed by atoms with E-state index in [1.807, 2.05) is 48.1 Å². The van der Waals surface area contributed by atoms with Gasteiger partial charge >= 0.3 is 0 Å². The SMILES string of the molecule is Cc1nn(-c2ccccc2)cc1-c1nc2ccc(C(=O)NO)cc2[nH]1. The number of imidazole rings is 1. The number of nitrogens with zero attached hydrogens (tertiary/aromatic N) is 3. The maximum Gasteiger partial charge on any atom is 0.274 e. The average Bonchev–Trinajstić information content (AvgIpc) is 3.24. The van der Waals surface area contributed by atoms with Crippen LogP contribution in [-0.4, -0.2) is 30.9 Å². The third-order valence-electron chi connectivity index (χ3n) is 4.02. The Balaban J connectivity index is 1.77. The smallest absolute Gasteiger partial charge is 0.274 e. The molecule has 2 aromatic carbocycles. The van der Waals surface area contributed by atoms with Crippen LogP contribution in [0.3, 0.4) is 0 Å². The summed E-state index contributed by atoms with van der Waals surface area (Å²) in [7, 11) is 0. The van der Waals surface area contributed by atoms with Crippen LogP contribution in [0.4, 0.5) is 0 Å². The third kappa shape index (κ3) is 2.66. The number of carbonyl (C=O) groups is 1. The number of H-pyrrole nitrogens is 1. The fourth-order valence-electron chi connectivity index (χ4n) is 2.75. The summed E-state index contributed by atoms with van der Waals surface area (Å²) in [4.78, 5) is 19.3. The van der Waals surface area contributed by atoms with Gasteiger partial charge in [0.25, 0.3) is 5.91 Å². The first kappa shape index (κ1) is 15.1. The minimum absolute atomic E-state index is 0.349. The predicted octanol–water partition coefficient (Wildman–Crippen LogP) is 2.84. The van der Waals surface area contributed by atoms with Gasteiger partial charge in [-0.3, -0.25) is 10.0 Å². The Bertz CT molecular complexity index is 1070. The molecule has 0 radical (unpaired) electrons. The lowest BCUT2D eigenvalue weighted by Crippen LogP contribution is -2.18. The Morgan fingerprint density at radius 2 is 2.00 bits per heavy atom. The first-order valence-electron chi connectivity index (χ1n) is 7.72. The van der Waals surface area contributed by atoms with Crippen LogP contribution in [0, 0.1) is 6.92 Å². The Morgan fingerprint density at radius 1 is 1.20 bits per heavy atom. The van der Waals surface area contributed by atoms with Crippen LogP contribution in [0.5, 0.6) is 0 Å². The van der Waals surface area contributed by atoms with Crippen molar-refractivity contribution in [2.45, 2.75) is 6.92 Å². The molecule has 0 fully saturated rings. The summed E-state index contributed by atoms with van der Waals surface area (Å²) in [5, 5.41) is 13.3. The average molecular weight is 333 g/mol. The van der Waals surface area contributed by atoms with E-state index in [9.17, 15) is 4.79 Å². The van der Waals surface area contributed by atoms with Crippen LogP contribution in [0.2, 0.25) is 0 Å². The molecule has 0 aliphatic heterocycles. The van der Waals surface area contributed by atoms with Crippen molar-refractivity contribution in [3.05, 3.63) is 66.0 Å². The van der Waals surface area contributed by atoms with Crippen molar-refractivity contribution in [3.63, 3.8) is 0 Å². The van der Waals surface area contributed by atoms with E-state index in [1.165, 1.54) is 0 Å². The van der Waals surface area contributed by atoms with Gasteiger partial charge in [-0.05, 0) is 37.3 Å². The van der Waals surface area contributed by atoms with Crippen LogP contribution in [0.25, 0.3) is 28.1 Å². The number of carbonyl (C=O) groups excluding carboxylic acids is 1. The minimum atomic E-state index is -0.564. The van der Waals surface area contributed by atoms with E-state index in [4.69, 9.17) is 5.21 Å². The molecule has 0 unspecified atom stereocenters.